The zero-order valence-corrected chi connectivity index (χ0v) is 21.9. The molecule has 8 heteroatoms. The zero-order valence-electron chi connectivity index (χ0n) is 20.4. The molecule has 186 valence electrons. The number of ether oxygens (including phenoxy) is 1. The largest absolute Gasteiger partial charge is 0.388 e. The first-order valence-corrected chi connectivity index (χ1v) is 12.0. The Kier molecular flexibility index (Phi) is 13.5. The third-order valence-corrected chi connectivity index (χ3v) is 5.48. The summed E-state index contributed by atoms with van der Waals surface area (Å²) in [7, 11) is 3.25. The summed E-state index contributed by atoms with van der Waals surface area (Å²) in [5.41, 5.74) is 1.84. The number of hydrogen-bond acceptors (Lipinski definition) is 4. The minimum absolute atomic E-state index is 0.0183. The SMILES string of the molecule is CC.CC(=O)CN(CCc1ccc(Cl)cc1)C(=O)[C@H]1CC(=O)NC1c1ccc(Cl)cc1.COC. The molecule has 2 aromatic carbocycles. The number of hydrogen-bond donors (Lipinski definition) is 1. The second-order valence-electron chi connectivity index (χ2n) is 7.65. The number of rotatable bonds is 7. The Morgan fingerprint density at radius 1 is 1.00 bits per heavy atom. The summed E-state index contributed by atoms with van der Waals surface area (Å²) in [6.45, 7) is 5.86. The maximum Gasteiger partial charge on any atom is 0.229 e. The van der Waals surface area contributed by atoms with Gasteiger partial charge in [0.25, 0.3) is 0 Å². The molecular formula is C26H34Cl2N2O4. The van der Waals surface area contributed by atoms with Gasteiger partial charge in [-0.2, -0.15) is 0 Å². The third kappa shape index (κ3) is 9.45. The van der Waals surface area contributed by atoms with E-state index in [4.69, 9.17) is 23.2 Å². The van der Waals surface area contributed by atoms with Crippen molar-refractivity contribution in [3.05, 3.63) is 69.7 Å². The number of carbonyl (C=O) groups excluding carboxylic acids is 3. The smallest absolute Gasteiger partial charge is 0.229 e. The lowest BCUT2D eigenvalue weighted by atomic mass is 9.92. The molecular weight excluding hydrogens is 475 g/mol. The molecule has 3 rings (SSSR count). The number of ketones is 1. The standard InChI is InChI=1S/C22H22Cl2N2O3.C2H6O.C2H6/c1-14(27)13-26(11-10-15-2-6-17(23)7-3-15)22(29)19-12-20(28)25-21(19)16-4-8-18(24)9-5-16;1-3-2;1-2/h2-9,19,21H,10-13H2,1H3,(H,25,28);1-2H3;1-2H3/t19-,21?;;/m0../s1. The van der Waals surface area contributed by atoms with Crippen molar-refractivity contribution in [2.24, 2.45) is 5.92 Å². The van der Waals surface area contributed by atoms with Gasteiger partial charge in [0, 0.05) is 37.2 Å². The van der Waals surface area contributed by atoms with Crippen LogP contribution in [-0.2, 0) is 25.5 Å². The molecule has 1 aliphatic rings. The third-order valence-electron chi connectivity index (χ3n) is 4.98. The molecule has 6 nitrogen and oxygen atoms in total. The molecule has 0 aromatic heterocycles. The fraction of sp³-hybridized carbons (Fsp3) is 0.423. The molecule has 0 spiro atoms. The van der Waals surface area contributed by atoms with Gasteiger partial charge in [-0.05, 0) is 48.7 Å². The van der Waals surface area contributed by atoms with Gasteiger partial charge in [-0.3, -0.25) is 14.4 Å². The maximum absolute atomic E-state index is 13.3. The molecule has 2 atom stereocenters. The molecule has 0 bridgehead atoms. The summed E-state index contributed by atoms with van der Waals surface area (Å²) < 4.78 is 4.25. The zero-order chi connectivity index (χ0) is 25.7. The molecule has 1 unspecified atom stereocenters. The average molecular weight is 509 g/mol. The van der Waals surface area contributed by atoms with E-state index in [-0.39, 0.29) is 30.6 Å². The van der Waals surface area contributed by atoms with Gasteiger partial charge in [0.2, 0.25) is 11.8 Å². The van der Waals surface area contributed by atoms with E-state index in [9.17, 15) is 14.4 Å². The first-order chi connectivity index (χ1) is 16.2. The summed E-state index contributed by atoms with van der Waals surface area (Å²) in [6, 6.07) is 14.0. The van der Waals surface area contributed by atoms with Crippen LogP contribution in [0.5, 0.6) is 0 Å². The molecule has 1 aliphatic heterocycles. The van der Waals surface area contributed by atoms with Gasteiger partial charge in [0.1, 0.15) is 5.78 Å². The predicted octanol–water partition coefficient (Wildman–Crippen LogP) is 5.12. The predicted molar refractivity (Wildman–Crippen MR) is 137 cm³/mol. The van der Waals surface area contributed by atoms with Crippen LogP contribution < -0.4 is 5.32 Å². The maximum atomic E-state index is 13.3. The summed E-state index contributed by atoms with van der Waals surface area (Å²) in [4.78, 5) is 38.7. The highest BCUT2D eigenvalue weighted by Crippen LogP contribution is 2.32. The van der Waals surface area contributed by atoms with Crippen LogP contribution in [0.1, 0.15) is 44.4 Å². The highest BCUT2D eigenvalue weighted by molar-refractivity contribution is 6.30. The Balaban J connectivity index is 0.00000107. The van der Waals surface area contributed by atoms with Gasteiger partial charge < -0.3 is 15.0 Å². The molecule has 1 saturated heterocycles. The fourth-order valence-electron chi connectivity index (χ4n) is 3.55. The summed E-state index contributed by atoms with van der Waals surface area (Å²) in [5, 5.41) is 4.11. The lowest BCUT2D eigenvalue weighted by molar-refractivity contribution is -0.139. The molecule has 34 heavy (non-hydrogen) atoms. The van der Waals surface area contributed by atoms with Crippen molar-refractivity contribution >= 4 is 40.8 Å². The van der Waals surface area contributed by atoms with Gasteiger partial charge in [0.15, 0.2) is 0 Å². The molecule has 0 saturated carbocycles. The van der Waals surface area contributed by atoms with Gasteiger partial charge >= 0.3 is 0 Å². The van der Waals surface area contributed by atoms with Crippen LogP contribution in [0, 0.1) is 5.92 Å². The minimum atomic E-state index is -0.562. The van der Waals surface area contributed by atoms with E-state index >= 15 is 0 Å². The van der Waals surface area contributed by atoms with E-state index in [0.29, 0.717) is 23.0 Å². The van der Waals surface area contributed by atoms with Crippen LogP contribution in [0.15, 0.2) is 48.5 Å². The van der Waals surface area contributed by atoms with Crippen LogP contribution >= 0.6 is 23.2 Å². The monoisotopic (exact) mass is 508 g/mol. The summed E-state index contributed by atoms with van der Waals surface area (Å²) in [6.07, 6.45) is 0.692. The number of nitrogens with zero attached hydrogens (tertiary/aromatic N) is 1. The number of carbonyl (C=O) groups is 3. The Morgan fingerprint density at radius 3 is 2.00 bits per heavy atom. The molecule has 1 fully saturated rings. The topological polar surface area (TPSA) is 75.7 Å². The Labute approximate surface area is 212 Å². The van der Waals surface area contributed by atoms with Gasteiger partial charge in [0.05, 0.1) is 18.5 Å². The van der Waals surface area contributed by atoms with Crippen molar-refractivity contribution in [3.63, 3.8) is 0 Å². The van der Waals surface area contributed by atoms with E-state index < -0.39 is 12.0 Å². The number of methoxy groups -OCH3 is 1. The van der Waals surface area contributed by atoms with Crippen molar-refractivity contribution in [1.82, 2.24) is 10.2 Å². The van der Waals surface area contributed by atoms with E-state index in [1.165, 1.54) is 6.92 Å². The van der Waals surface area contributed by atoms with Crippen LogP contribution in [0.4, 0.5) is 0 Å². The van der Waals surface area contributed by atoms with Crippen molar-refractivity contribution < 1.29 is 19.1 Å². The normalized spacial score (nSPS) is 16.4. The highest BCUT2D eigenvalue weighted by Gasteiger charge is 2.40. The van der Waals surface area contributed by atoms with E-state index in [2.05, 4.69) is 10.1 Å². The molecule has 0 aliphatic carbocycles. The molecule has 0 radical (unpaired) electrons. The number of benzene rings is 2. The van der Waals surface area contributed by atoms with Gasteiger partial charge in [-0.1, -0.05) is 61.3 Å². The number of Topliss-reactive ketones (excluding diaryl/α,β-unsaturated/α-hetero) is 1. The Morgan fingerprint density at radius 2 is 1.50 bits per heavy atom. The Hall–Kier alpha value is -2.41. The number of halogens is 2. The number of amides is 2. The second-order valence-corrected chi connectivity index (χ2v) is 8.53. The first kappa shape index (κ1) is 29.6. The van der Waals surface area contributed by atoms with Crippen LogP contribution in [0.2, 0.25) is 10.0 Å². The molecule has 1 N–H and O–H groups in total. The fourth-order valence-corrected chi connectivity index (χ4v) is 3.80. The van der Waals surface area contributed by atoms with Crippen LogP contribution in [0.3, 0.4) is 0 Å². The minimum Gasteiger partial charge on any atom is -0.388 e. The van der Waals surface area contributed by atoms with Crippen LogP contribution in [0.25, 0.3) is 0 Å². The average Bonchev–Trinajstić information content (AvgIpc) is 3.21. The first-order valence-electron chi connectivity index (χ1n) is 11.2. The van der Waals surface area contributed by atoms with Crippen molar-refractivity contribution in [1.29, 1.82) is 0 Å². The number of nitrogens with one attached hydrogen (secondary N) is 1. The lowest BCUT2D eigenvalue weighted by Crippen LogP contribution is -2.42. The van der Waals surface area contributed by atoms with Crippen molar-refractivity contribution in [2.75, 3.05) is 27.3 Å². The van der Waals surface area contributed by atoms with E-state index in [1.807, 2.05) is 38.1 Å². The quantitative estimate of drug-likeness (QED) is 0.562. The molecule has 2 amide bonds. The van der Waals surface area contributed by atoms with Crippen LogP contribution in [-0.4, -0.2) is 49.8 Å². The highest BCUT2D eigenvalue weighted by atomic mass is 35.5. The van der Waals surface area contributed by atoms with Gasteiger partial charge in [-0.15, -0.1) is 0 Å². The van der Waals surface area contributed by atoms with Crippen molar-refractivity contribution in [3.8, 4) is 0 Å². The Bertz CT molecular complexity index is 917. The van der Waals surface area contributed by atoms with Gasteiger partial charge in [-0.25, -0.2) is 0 Å². The summed E-state index contributed by atoms with van der Waals surface area (Å²) >= 11 is 11.9. The molecule has 2 aromatic rings. The van der Waals surface area contributed by atoms with E-state index in [1.54, 1.807) is 43.4 Å². The molecule has 1 heterocycles. The summed E-state index contributed by atoms with van der Waals surface area (Å²) in [5.74, 6) is -1.04. The van der Waals surface area contributed by atoms with E-state index in [0.717, 1.165) is 11.1 Å². The second kappa shape index (κ2) is 15.5. The lowest BCUT2D eigenvalue weighted by Gasteiger charge is -2.27. The van der Waals surface area contributed by atoms with Crippen molar-refractivity contribution in [2.45, 2.75) is 39.7 Å².